The summed E-state index contributed by atoms with van der Waals surface area (Å²) in [5, 5.41) is 21.2. The summed E-state index contributed by atoms with van der Waals surface area (Å²) < 4.78 is 10.6. The SMILES string of the molecule is COc1ccc(C[AsH]CC(O)C2CCN(C(=O)O)CC2)c(OC)c1. The number of carboxylic acid groups (broad SMARTS) is 1. The van der Waals surface area contributed by atoms with E-state index in [2.05, 4.69) is 0 Å². The van der Waals surface area contributed by atoms with Crippen molar-refractivity contribution in [3.63, 3.8) is 0 Å². The molecule has 1 fully saturated rings. The Balaban J connectivity index is 1.79. The van der Waals surface area contributed by atoms with Crippen LogP contribution in [0.1, 0.15) is 18.4 Å². The average Bonchev–Trinajstić information content (AvgIpc) is 2.61. The Morgan fingerprint density at radius 1 is 1.33 bits per heavy atom. The van der Waals surface area contributed by atoms with Gasteiger partial charge in [-0.3, -0.25) is 0 Å². The Labute approximate surface area is 149 Å². The van der Waals surface area contributed by atoms with E-state index in [0.29, 0.717) is 13.1 Å². The number of piperidine rings is 1. The van der Waals surface area contributed by atoms with Gasteiger partial charge in [-0.1, -0.05) is 0 Å². The van der Waals surface area contributed by atoms with Crippen LogP contribution in [-0.4, -0.2) is 70.4 Å². The predicted octanol–water partition coefficient (Wildman–Crippen LogP) is 1.81. The summed E-state index contributed by atoms with van der Waals surface area (Å²) in [6.07, 6.45) is 0.338. The van der Waals surface area contributed by atoms with Crippen LogP contribution >= 0.6 is 0 Å². The Hall–Kier alpha value is -1.39. The van der Waals surface area contributed by atoms with Gasteiger partial charge in [-0.15, -0.1) is 0 Å². The number of benzene rings is 1. The Morgan fingerprint density at radius 2 is 2.04 bits per heavy atom. The number of ether oxygens (including phenoxy) is 2. The van der Waals surface area contributed by atoms with E-state index in [1.807, 2.05) is 18.2 Å². The molecule has 2 rings (SSSR count). The molecule has 0 bridgehead atoms. The van der Waals surface area contributed by atoms with Gasteiger partial charge < -0.3 is 0 Å². The molecule has 0 spiro atoms. The molecular weight excluding hydrogens is 373 g/mol. The van der Waals surface area contributed by atoms with Gasteiger partial charge in [0, 0.05) is 0 Å². The van der Waals surface area contributed by atoms with Crippen molar-refractivity contribution in [3.8, 4) is 11.5 Å². The van der Waals surface area contributed by atoms with Crippen LogP contribution < -0.4 is 9.47 Å². The van der Waals surface area contributed by atoms with Gasteiger partial charge in [0.25, 0.3) is 0 Å². The molecule has 0 saturated carbocycles. The normalized spacial score (nSPS) is 17.2. The third-order valence-corrected chi connectivity index (χ3v) is 7.32. The van der Waals surface area contributed by atoms with Crippen molar-refractivity contribution in [2.75, 3.05) is 27.3 Å². The van der Waals surface area contributed by atoms with Crippen LogP contribution in [0.4, 0.5) is 4.79 Å². The number of methoxy groups -OCH3 is 2. The fourth-order valence-electron chi connectivity index (χ4n) is 2.99. The van der Waals surface area contributed by atoms with Crippen LogP contribution in [0.25, 0.3) is 0 Å². The van der Waals surface area contributed by atoms with Crippen LogP contribution in [-0.2, 0) is 5.21 Å². The predicted molar refractivity (Wildman–Crippen MR) is 93.5 cm³/mol. The van der Waals surface area contributed by atoms with E-state index in [1.165, 1.54) is 4.90 Å². The quantitative estimate of drug-likeness (QED) is 0.684. The summed E-state index contributed by atoms with van der Waals surface area (Å²) >= 11 is -0.326. The van der Waals surface area contributed by atoms with Gasteiger partial charge in [0.2, 0.25) is 0 Å². The minimum absolute atomic E-state index is 0.224. The van der Waals surface area contributed by atoms with Gasteiger partial charge in [0.15, 0.2) is 0 Å². The number of amides is 1. The topological polar surface area (TPSA) is 79.2 Å². The summed E-state index contributed by atoms with van der Waals surface area (Å²) in [6, 6.07) is 5.85. The molecule has 134 valence electrons. The number of hydrogen-bond acceptors (Lipinski definition) is 4. The van der Waals surface area contributed by atoms with E-state index in [1.54, 1.807) is 14.2 Å². The number of carbonyl (C=O) groups is 1. The molecule has 2 atom stereocenters. The molecule has 2 N–H and O–H groups in total. The minimum atomic E-state index is -0.858. The van der Waals surface area contributed by atoms with Gasteiger partial charge in [-0.05, 0) is 0 Å². The first-order valence-electron chi connectivity index (χ1n) is 8.12. The Bertz CT molecular complexity index is 546. The number of likely N-dealkylation sites (tertiary alicyclic amines) is 1. The Morgan fingerprint density at radius 3 is 2.62 bits per heavy atom. The zero-order valence-corrected chi connectivity index (χ0v) is 16.3. The van der Waals surface area contributed by atoms with Gasteiger partial charge in [0.05, 0.1) is 0 Å². The fraction of sp³-hybridized carbons (Fsp3) is 0.588. The van der Waals surface area contributed by atoms with E-state index in [4.69, 9.17) is 14.6 Å². The number of aliphatic hydroxyl groups is 1. The van der Waals surface area contributed by atoms with Gasteiger partial charge in [-0.25, -0.2) is 0 Å². The second kappa shape index (κ2) is 9.19. The summed E-state index contributed by atoms with van der Waals surface area (Å²) in [5.41, 5.74) is 1.16. The molecule has 0 aliphatic carbocycles. The standard InChI is InChI=1S/C17H26AsNO5/c1-23-14-4-3-13(16(9-14)24-2)10-18-11-15(20)12-5-7-19(8-6-12)17(21)22/h3-4,9,12,15,18,20H,5-8,10-11H2,1-2H3,(H,21,22). The van der Waals surface area contributed by atoms with E-state index in [9.17, 15) is 9.90 Å². The van der Waals surface area contributed by atoms with Crippen molar-refractivity contribution in [2.45, 2.75) is 29.4 Å². The van der Waals surface area contributed by atoms with Crippen LogP contribution in [0.5, 0.6) is 11.5 Å². The van der Waals surface area contributed by atoms with Crippen molar-refractivity contribution in [2.24, 2.45) is 5.92 Å². The number of hydrogen-bond donors (Lipinski definition) is 2. The summed E-state index contributed by atoms with van der Waals surface area (Å²) in [6.45, 7) is 1.06. The second-order valence-corrected chi connectivity index (χ2v) is 8.63. The van der Waals surface area contributed by atoms with Crippen LogP contribution in [0.15, 0.2) is 18.2 Å². The van der Waals surface area contributed by atoms with Crippen molar-refractivity contribution < 1.29 is 24.5 Å². The van der Waals surface area contributed by atoms with Gasteiger partial charge in [0.1, 0.15) is 0 Å². The molecule has 2 unspecified atom stereocenters. The Kier molecular flexibility index (Phi) is 7.25. The number of nitrogens with zero attached hydrogens (tertiary/aromatic N) is 1. The maximum atomic E-state index is 10.9. The molecule has 0 radical (unpaired) electrons. The van der Waals surface area contributed by atoms with Crippen LogP contribution in [0, 0.1) is 5.92 Å². The number of aliphatic hydroxyl groups excluding tert-OH is 1. The fourth-order valence-corrected chi connectivity index (χ4v) is 5.80. The van der Waals surface area contributed by atoms with Gasteiger partial charge in [-0.2, -0.15) is 0 Å². The average molecular weight is 399 g/mol. The van der Waals surface area contributed by atoms with Crippen molar-refractivity contribution in [3.05, 3.63) is 23.8 Å². The van der Waals surface area contributed by atoms with Crippen LogP contribution in [0.2, 0.25) is 5.21 Å². The molecule has 24 heavy (non-hydrogen) atoms. The molecule has 1 aliphatic rings. The molecular formula is C17H26AsNO5. The van der Waals surface area contributed by atoms with Crippen molar-refractivity contribution in [1.82, 2.24) is 4.90 Å². The van der Waals surface area contributed by atoms with Gasteiger partial charge >= 0.3 is 149 Å². The molecule has 1 aliphatic heterocycles. The first-order chi connectivity index (χ1) is 11.5. The third kappa shape index (κ3) is 5.05. The molecule has 1 heterocycles. The maximum absolute atomic E-state index is 10.9. The third-order valence-electron chi connectivity index (χ3n) is 4.52. The van der Waals surface area contributed by atoms with E-state index in [0.717, 1.165) is 40.3 Å². The zero-order valence-electron chi connectivity index (χ0n) is 14.2. The molecule has 1 aromatic carbocycles. The summed E-state index contributed by atoms with van der Waals surface area (Å²) in [5.74, 6) is 1.84. The van der Waals surface area contributed by atoms with E-state index in [-0.39, 0.29) is 27.8 Å². The van der Waals surface area contributed by atoms with Crippen LogP contribution in [0.3, 0.4) is 0 Å². The molecule has 1 aromatic rings. The molecule has 0 aromatic heterocycles. The zero-order chi connectivity index (χ0) is 17.5. The molecule has 1 saturated heterocycles. The summed E-state index contributed by atoms with van der Waals surface area (Å²) in [4.78, 5) is 12.3. The number of rotatable bonds is 7. The first-order valence-corrected chi connectivity index (χ1v) is 11.1. The van der Waals surface area contributed by atoms with Crippen molar-refractivity contribution >= 4 is 21.8 Å². The summed E-state index contributed by atoms with van der Waals surface area (Å²) in [7, 11) is 3.29. The monoisotopic (exact) mass is 399 g/mol. The molecule has 7 heteroatoms. The molecule has 6 nitrogen and oxygen atoms in total. The van der Waals surface area contributed by atoms with E-state index >= 15 is 0 Å². The van der Waals surface area contributed by atoms with Crippen molar-refractivity contribution in [1.29, 1.82) is 0 Å². The van der Waals surface area contributed by atoms with E-state index < -0.39 is 6.09 Å². The first kappa shape index (κ1) is 18.9. The second-order valence-electron chi connectivity index (χ2n) is 5.98. The molecule has 1 amide bonds.